The van der Waals surface area contributed by atoms with Crippen molar-refractivity contribution in [3.63, 3.8) is 0 Å². The van der Waals surface area contributed by atoms with Gasteiger partial charge in [-0.2, -0.15) is 0 Å². The molecule has 0 N–H and O–H groups in total. The van der Waals surface area contributed by atoms with Crippen LogP contribution in [0.2, 0.25) is 0 Å². The second-order valence-corrected chi connectivity index (χ2v) is 9.28. The average molecular weight is 380 g/mol. The molecule has 2 aromatic carbocycles. The fourth-order valence-corrected chi connectivity index (χ4v) is 5.96. The molecule has 1 aliphatic carbocycles. The van der Waals surface area contributed by atoms with Gasteiger partial charge in [0, 0.05) is 28.4 Å². The first-order valence-corrected chi connectivity index (χ1v) is 10.6. The van der Waals surface area contributed by atoms with Gasteiger partial charge in [-0.15, -0.1) is 0 Å². The number of sulfonamides is 1. The van der Waals surface area contributed by atoms with Crippen LogP contribution in [0.25, 0.3) is 10.8 Å². The first-order valence-electron chi connectivity index (χ1n) is 9.15. The van der Waals surface area contributed by atoms with E-state index in [1.165, 1.54) is 4.31 Å². The van der Waals surface area contributed by atoms with Gasteiger partial charge in [0.25, 0.3) is 10.0 Å². The Labute approximate surface area is 158 Å². The second-order valence-electron chi connectivity index (χ2n) is 7.45. The highest BCUT2D eigenvalue weighted by Crippen LogP contribution is 2.42. The summed E-state index contributed by atoms with van der Waals surface area (Å²) in [5.74, 6) is -0.164. The van der Waals surface area contributed by atoms with Gasteiger partial charge in [0.15, 0.2) is 5.78 Å². The molecule has 2 heterocycles. The molecule has 0 atom stereocenters. The Balaban J connectivity index is 1.56. The number of carbonyl (C=O) groups is 1. The molecule has 1 aromatic heterocycles. The Morgan fingerprint density at radius 3 is 2.52 bits per heavy atom. The van der Waals surface area contributed by atoms with Crippen LogP contribution in [0.3, 0.4) is 0 Å². The van der Waals surface area contributed by atoms with Crippen molar-refractivity contribution in [1.82, 2.24) is 4.57 Å². The van der Waals surface area contributed by atoms with Crippen LogP contribution in [0.5, 0.6) is 0 Å². The fourth-order valence-electron chi connectivity index (χ4n) is 4.30. The Morgan fingerprint density at radius 2 is 1.81 bits per heavy atom. The van der Waals surface area contributed by atoms with Gasteiger partial charge >= 0.3 is 0 Å². The van der Waals surface area contributed by atoms with Gasteiger partial charge in [-0.25, -0.2) is 8.42 Å². The maximum Gasteiger partial charge on any atom is 0.265 e. The van der Waals surface area contributed by atoms with E-state index in [0.29, 0.717) is 22.7 Å². The van der Waals surface area contributed by atoms with Gasteiger partial charge in [0.2, 0.25) is 0 Å². The first-order chi connectivity index (χ1) is 12.9. The van der Waals surface area contributed by atoms with Crippen molar-refractivity contribution < 1.29 is 13.2 Å². The number of aromatic nitrogens is 1. The number of benzene rings is 2. The van der Waals surface area contributed by atoms with Crippen LogP contribution < -0.4 is 4.31 Å². The highest BCUT2D eigenvalue weighted by atomic mass is 32.2. The van der Waals surface area contributed by atoms with Gasteiger partial charge < -0.3 is 4.57 Å². The number of rotatable bonds is 4. The molecule has 27 heavy (non-hydrogen) atoms. The predicted octanol–water partition coefficient (Wildman–Crippen LogP) is 3.98. The molecule has 6 heteroatoms. The minimum Gasteiger partial charge on any atom is -0.345 e. The van der Waals surface area contributed by atoms with Gasteiger partial charge in [-0.05, 0) is 50.3 Å². The SMILES string of the molecule is Cc1cc(C(=O)CN2c3cccc4cccc(c34)S2(=O)=O)c(C)n1C1CC1. The summed E-state index contributed by atoms with van der Waals surface area (Å²) in [5, 5.41) is 1.58. The molecule has 3 aromatic rings. The largest absolute Gasteiger partial charge is 0.345 e. The Morgan fingerprint density at radius 1 is 1.11 bits per heavy atom. The van der Waals surface area contributed by atoms with E-state index in [2.05, 4.69) is 4.57 Å². The van der Waals surface area contributed by atoms with Crippen LogP contribution >= 0.6 is 0 Å². The maximum atomic E-state index is 13.1. The number of Topliss-reactive ketones (excluding diaryl/α,β-unsaturated/α-hetero) is 1. The maximum absolute atomic E-state index is 13.1. The van der Waals surface area contributed by atoms with Crippen molar-refractivity contribution in [3.05, 3.63) is 59.4 Å². The van der Waals surface area contributed by atoms with Crippen LogP contribution in [-0.2, 0) is 10.0 Å². The lowest BCUT2D eigenvalue weighted by Gasteiger charge is -2.18. The van der Waals surface area contributed by atoms with Crippen molar-refractivity contribution in [2.75, 3.05) is 10.8 Å². The molecule has 0 spiro atoms. The summed E-state index contributed by atoms with van der Waals surface area (Å²) < 4.78 is 29.6. The third-order valence-electron chi connectivity index (χ3n) is 5.67. The van der Waals surface area contributed by atoms with Gasteiger partial charge in [0.1, 0.15) is 0 Å². The Kier molecular flexibility index (Phi) is 3.35. The van der Waals surface area contributed by atoms with Gasteiger partial charge in [0.05, 0.1) is 17.1 Å². The van der Waals surface area contributed by atoms with Crippen LogP contribution in [0, 0.1) is 13.8 Å². The van der Waals surface area contributed by atoms with E-state index in [-0.39, 0.29) is 17.2 Å². The van der Waals surface area contributed by atoms with Gasteiger partial charge in [-0.3, -0.25) is 9.10 Å². The zero-order valence-electron chi connectivity index (χ0n) is 15.3. The van der Waals surface area contributed by atoms with E-state index >= 15 is 0 Å². The first kappa shape index (κ1) is 16.6. The Hall–Kier alpha value is -2.60. The number of carbonyl (C=O) groups excluding carboxylic acids is 1. The van der Waals surface area contributed by atoms with Crippen LogP contribution in [0.1, 0.15) is 40.6 Å². The average Bonchev–Trinajstić information content (AvgIpc) is 3.39. The third kappa shape index (κ3) is 2.29. The van der Waals surface area contributed by atoms with Crippen molar-refractivity contribution >= 4 is 32.3 Å². The predicted molar refractivity (Wildman–Crippen MR) is 105 cm³/mol. The number of aryl methyl sites for hydroxylation is 1. The third-order valence-corrected chi connectivity index (χ3v) is 7.47. The monoisotopic (exact) mass is 380 g/mol. The molecule has 0 amide bonds. The summed E-state index contributed by atoms with van der Waals surface area (Å²) >= 11 is 0. The lowest BCUT2D eigenvalue weighted by Crippen LogP contribution is -2.33. The molecule has 0 bridgehead atoms. The van der Waals surface area contributed by atoms with E-state index < -0.39 is 10.0 Å². The molecular weight excluding hydrogens is 360 g/mol. The molecular formula is C21H20N2O3S. The van der Waals surface area contributed by atoms with E-state index in [1.807, 2.05) is 38.1 Å². The van der Waals surface area contributed by atoms with E-state index in [9.17, 15) is 13.2 Å². The molecule has 138 valence electrons. The standard InChI is InChI=1S/C21H20N2O3S/c1-13-11-17(14(2)23(13)16-9-10-16)19(24)12-22-18-7-3-5-15-6-4-8-20(21(15)18)27(22,25)26/h3-8,11,16H,9-10,12H2,1-2H3. The zero-order valence-corrected chi connectivity index (χ0v) is 16.1. The molecule has 0 saturated heterocycles. The minimum absolute atomic E-state index is 0.164. The lowest BCUT2D eigenvalue weighted by atomic mass is 10.1. The fraction of sp³-hybridized carbons (Fsp3) is 0.286. The van der Waals surface area contributed by atoms with Crippen LogP contribution in [0.15, 0.2) is 47.4 Å². The lowest BCUT2D eigenvalue weighted by molar-refractivity contribution is 0.100. The molecule has 0 unspecified atom stereocenters. The van der Waals surface area contributed by atoms with E-state index in [0.717, 1.165) is 29.6 Å². The summed E-state index contributed by atoms with van der Waals surface area (Å²) in [6, 6.07) is 13.1. The molecule has 0 radical (unpaired) electrons. The minimum atomic E-state index is -3.72. The normalized spacial score (nSPS) is 17.6. The molecule has 2 aliphatic rings. The molecule has 5 nitrogen and oxygen atoms in total. The zero-order chi connectivity index (χ0) is 18.9. The second kappa shape index (κ2) is 5.45. The summed E-state index contributed by atoms with van der Waals surface area (Å²) in [5.41, 5.74) is 3.21. The number of hydrogen-bond donors (Lipinski definition) is 0. The number of ketones is 1. The topological polar surface area (TPSA) is 59.4 Å². The smallest absolute Gasteiger partial charge is 0.265 e. The molecule has 5 rings (SSSR count). The van der Waals surface area contributed by atoms with Crippen molar-refractivity contribution in [2.24, 2.45) is 0 Å². The van der Waals surface area contributed by atoms with Crippen LogP contribution in [-0.4, -0.2) is 25.3 Å². The van der Waals surface area contributed by atoms with Crippen LogP contribution in [0.4, 0.5) is 5.69 Å². The number of hydrogen-bond acceptors (Lipinski definition) is 3. The van der Waals surface area contributed by atoms with Gasteiger partial charge in [-0.1, -0.05) is 24.3 Å². The molecule has 1 aliphatic heterocycles. The number of anilines is 1. The summed E-state index contributed by atoms with van der Waals surface area (Å²) in [6.07, 6.45) is 2.28. The quantitative estimate of drug-likeness (QED) is 0.643. The number of nitrogens with zero attached hydrogens (tertiary/aromatic N) is 2. The summed E-state index contributed by atoms with van der Waals surface area (Å²) in [4.78, 5) is 13.4. The highest BCUT2D eigenvalue weighted by Gasteiger charge is 2.37. The molecule has 1 saturated carbocycles. The molecule has 1 fully saturated rings. The van der Waals surface area contributed by atoms with E-state index in [1.54, 1.807) is 18.2 Å². The summed E-state index contributed by atoms with van der Waals surface area (Å²) in [6.45, 7) is 3.78. The van der Waals surface area contributed by atoms with Crippen molar-refractivity contribution in [2.45, 2.75) is 37.6 Å². The van der Waals surface area contributed by atoms with Crippen molar-refractivity contribution in [3.8, 4) is 0 Å². The van der Waals surface area contributed by atoms with Crippen molar-refractivity contribution in [1.29, 1.82) is 0 Å². The summed E-state index contributed by atoms with van der Waals surface area (Å²) in [7, 11) is -3.72. The van der Waals surface area contributed by atoms with E-state index in [4.69, 9.17) is 0 Å². The highest BCUT2D eigenvalue weighted by molar-refractivity contribution is 7.93. The Bertz CT molecular complexity index is 1210.